The van der Waals surface area contributed by atoms with Crippen molar-refractivity contribution in [2.75, 3.05) is 0 Å². The van der Waals surface area contributed by atoms with E-state index in [2.05, 4.69) is 348 Å². The van der Waals surface area contributed by atoms with E-state index in [9.17, 15) is 0 Å². The Hall–Kier alpha value is -9.36. The Balaban J connectivity index is 0.000000166. The van der Waals surface area contributed by atoms with E-state index < -0.39 is 0 Å². The van der Waals surface area contributed by atoms with Crippen LogP contribution in [0.4, 0.5) is 0 Å². The van der Waals surface area contributed by atoms with Crippen molar-refractivity contribution >= 4 is 0 Å². The molecule has 0 bridgehead atoms. The lowest BCUT2D eigenvalue weighted by atomic mass is 9.81. The summed E-state index contributed by atoms with van der Waals surface area (Å²) in [6, 6.07) is 110. The fourth-order valence-corrected chi connectivity index (χ4v) is 12.7. The Morgan fingerprint density at radius 3 is 1.16 bits per heavy atom. The van der Waals surface area contributed by atoms with Crippen LogP contribution in [0.2, 0.25) is 0 Å². The molecule has 458 valence electrons. The Morgan fingerprint density at radius 2 is 0.670 bits per heavy atom. The summed E-state index contributed by atoms with van der Waals surface area (Å²) in [6.45, 7) is 22.4. The van der Waals surface area contributed by atoms with Crippen molar-refractivity contribution in [1.82, 2.24) is 0 Å². The summed E-state index contributed by atoms with van der Waals surface area (Å²) < 4.78 is 0. The van der Waals surface area contributed by atoms with Crippen molar-refractivity contribution in [3.63, 3.8) is 0 Å². The monoisotopic (exact) mass is 1190 g/mol. The van der Waals surface area contributed by atoms with Gasteiger partial charge in [-0.2, -0.15) is 0 Å². The minimum absolute atomic E-state index is 0.381. The lowest BCUT2D eigenvalue weighted by Gasteiger charge is -2.23. The molecular weight excluding hydrogens is 1090 g/mol. The summed E-state index contributed by atoms with van der Waals surface area (Å²) in [5, 5.41) is 0. The zero-order valence-corrected chi connectivity index (χ0v) is 55.7. The number of hydrogen-bond acceptors (Lipinski definition) is 0. The maximum Gasteiger partial charge on any atom is 0.00928 e. The van der Waals surface area contributed by atoms with Gasteiger partial charge in [0.05, 0.1) is 0 Å². The lowest BCUT2D eigenvalue weighted by Crippen LogP contribution is -2.05. The molecule has 0 spiro atoms. The van der Waals surface area contributed by atoms with Crippen molar-refractivity contribution in [3.05, 3.63) is 370 Å². The zero-order chi connectivity index (χ0) is 63.9. The third-order valence-corrected chi connectivity index (χ3v) is 18.0. The minimum atomic E-state index is 0.381. The largest absolute Gasteiger partial charge is 0.0654 e. The van der Waals surface area contributed by atoms with Crippen LogP contribution in [-0.2, 0) is 6.42 Å². The van der Waals surface area contributed by atoms with Crippen molar-refractivity contribution < 1.29 is 0 Å². The van der Waals surface area contributed by atoms with Gasteiger partial charge in [0, 0.05) is 11.8 Å². The molecule has 4 atom stereocenters. The van der Waals surface area contributed by atoms with E-state index in [1.165, 1.54) is 135 Å². The van der Waals surface area contributed by atoms with Crippen LogP contribution in [-0.4, -0.2) is 0 Å². The molecule has 0 aliphatic rings. The second-order valence-electron chi connectivity index (χ2n) is 24.9. The first-order valence-corrected chi connectivity index (χ1v) is 33.3. The Morgan fingerprint density at radius 1 is 0.264 bits per heavy atom. The minimum Gasteiger partial charge on any atom is -0.0654 e. The highest BCUT2D eigenvalue weighted by Crippen LogP contribution is 2.40. The Labute approximate surface area is 547 Å². The average Bonchev–Trinajstić information content (AvgIpc) is 1.61. The van der Waals surface area contributed by atoms with E-state index >= 15 is 0 Å². The van der Waals surface area contributed by atoms with Crippen LogP contribution in [0.1, 0.15) is 151 Å². The summed E-state index contributed by atoms with van der Waals surface area (Å²) in [5.74, 6) is 1.79. The molecule has 0 heterocycles. The zero-order valence-electron chi connectivity index (χ0n) is 55.7. The van der Waals surface area contributed by atoms with Gasteiger partial charge in [0.1, 0.15) is 0 Å². The predicted molar refractivity (Wildman–Crippen MR) is 396 cm³/mol. The van der Waals surface area contributed by atoms with E-state index in [4.69, 9.17) is 0 Å². The van der Waals surface area contributed by atoms with Gasteiger partial charge in [0.2, 0.25) is 0 Å². The second-order valence-corrected chi connectivity index (χ2v) is 24.9. The van der Waals surface area contributed by atoms with E-state index in [0.717, 1.165) is 19.3 Å². The molecule has 12 aromatic rings. The molecule has 0 saturated heterocycles. The van der Waals surface area contributed by atoms with Gasteiger partial charge in [-0.25, -0.2) is 0 Å². The SMILES string of the molecule is CCC(c1ccccc1)c1ccc(CC(C)c2ccc(-c3ccc(C)cc3)cc2)cc1-c1ccccc1C.CCCC(C)c1ccccc1-c1cc(C(CC)c2ccc(-c3ccccc3)cc2)ccc1C.Cc1ccc(-c2ccccc2)cc1.Cc1ccccc1. The molecule has 0 fully saturated rings. The van der Waals surface area contributed by atoms with E-state index in [-0.39, 0.29) is 0 Å². The Bertz CT molecular complexity index is 4080. The van der Waals surface area contributed by atoms with Gasteiger partial charge in [-0.15, -0.1) is 0 Å². The fourth-order valence-electron chi connectivity index (χ4n) is 12.7. The molecule has 0 aliphatic carbocycles. The van der Waals surface area contributed by atoms with E-state index in [1.54, 1.807) is 0 Å². The van der Waals surface area contributed by atoms with E-state index in [1.807, 2.05) is 24.3 Å². The molecule has 12 aromatic carbocycles. The molecule has 0 radical (unpaired) electrons. The number of rotatable bonds is 17. The quantitative estimate of drug-likeness (QED) is 0.0852. The highest BCUT2D eigenvalue weighted by Gasteiger charge is 2.21. The van der Waals surface area contributed by atoms with Crippen molar-refractivity contribution in [2.24, 2.45) is 0 Å². The molecule has 0 nitrogen and oxygen atoms in total. The number of hydrogen-bond donors (Lipinski definition) is 0. The molecule has 91 heavy (non-hydrogen) atoms. The van der Waals surface area contributed by atoms with Crippen LogP contribution in [0.15, 0.2) is 303 Å². The van der Waals surface area contributed by atoms with Gasteiger partial charge in [-0.05, 0) is 178 Å². The summed E-state index contributed by atoms with van der Waals surface area (Å²) in [7, 11) is 0. The number of aryl methyl sites for hydroxylation is 5. The summed E-state index contributed by atoms with van der Waals surface area (Å²) in [5.41, 5.74) is 29.6. The smallest absolute Gasteiger partial charge is 0.00928 e. The van der Waals surface area contributed by atoms with Crippen LogP contribution in [0.25, 0.3) is 55.6 Å². The predicted octanol–water partition coefficient (Wildman–Crippen LogP) is 26.0. The van der Waals surface area contributed by atoms with Crippen LogP contribution < -0.4 is 0 Å². The van der Waals surface area contributed by atoms with Crippen LogP contribution in [0.5, 0.6) is 0 Å². The molecule has 4 unspecified atom stereocenters. The van der Waals surface area contributed by atoms with Gasteiger partial charge >= 0.3 is 0 Å². The molecule has 0 aliphatic heterocycles. The van der Waals surface area contributed by atoms with Crippen molar-refractivity contribution in [1.29, 1.82) is 0 Å². The van der Waals surface area contributed by atoms with Gasteiger partial charge < -0.3 is 0 Å². The van der Waals surface area contributed by atoms with Crippen LogP contribution in [0.3, 0.4) is 0 Å². The highest BCUT2D eigenvalue weighted by atomic mass is 14.2. The second kappa shape index (κ2) is 33.5. The summed E-state index contributed by atoms with van der Waals surface area (Å²) in [6.07, 6.45) is 5.62. The average molecular weight is 1190 g/mol. The first-order chi connectivity index (χ1) is 44.4. The molecule has 0 aromatic heterocycles. The molecular formula is C91H94. The first-order valence-electron chi connectivity index (χ1n) is 33.3. The van der Waals surface area contributed by atoms with Crippen molar-refractivity contribution in [3.8, 4) is 55.6 Å². The van der Waals surface area contributed by atoms with Gasteiger partial charge in [0.15, 0.2) is 0 Å². The highest BCUT2D eigenvalue weighted by molar-refractivity contribution is 5.74. The van der Waals surface area contributed by atoms with Gasteiger partial charge in [0.25, 0.3) is 0 Å². The molecule has 0 amide bonds. The normalized spacial score (nSPS) is 12.1. The summed E-state index contributed by atoms with van der Waals surface area (Å²) in [4.78, 5) is 0. The van der Waals surface area contributed by atoms with Crippen molar-refractivity contribution in [2.45, 2.75) is 125 Å². The molecule has 0 heteroatoms. The maximum absolute atomic E-state index is 2.46. The van der Waals surface area contributed by atoms with Gasteiger partial charge in [-0.1, -0.05) is 361 Å². The summed E-state index contributed by atoms with van der Waals surface area (Å²) >= 11 is 0. The third kappa shape index (κ3) is 18.2. The lowest BCUT2D eigenvalue weighted by molar-refractivity contribution is 0.666. The standard InChI is InChI=1S/C38H38.C33H36.C13H12.C7H8/c1-5-35(34-12-7-6-8-13-34)37-24-17-30(26-38(37)36-14-10-9-11-28(36)3)25-29(4)31-20-22-33(23-21-31)32-18-15-27(2)16-19-32;1-5-12-24(3)31-15-10-11-16-32(31)33-23-29(18-17-25(33)4)30(6-2)28-21-19-27(20-22-28)26-13-8-7-9-14-26;1-11-7-9-13(10-8-11)12-5-3-2-4-6-12;1-7-5-3-2-4-6-7/h6-24,26,29,35H,5,25H2,1-4H3;7-11,13-24,30H,5-6,12H2,1-4H3;2-10H,1H3;2-6H,1H3. The molecule has 0 N–H and O–H groups in total. The first kappa shape index (κ1) is 66.1. The molecule has 12 rings (SSSR count). The van der Waals surface area contributed by atoms with E-state index in [0.29, 0.717) is 23.7 Å². The van der Waals surface area contributed by atoms with Crippen LogP contribution in [0, 0.1) is 34.6 Å². The molecule has 0 saturated carbocycles. The number of benzene rings is 12. The topological polar surface area (TPSA) is 0 Å². The fraction of sp³-hybridized carbons (Fsp3) is 0.209. The maximum atomic E-state index is 2.46. The van der Waals surface area contributed by atoms with Gasteiger partial charge in [-0.3, -0.25) is 0 Å². The Kier molecular flexibility index (Phi) is 24.3. The van der Waals surface area contributed by atoms with Crippen LogP contribution >= 0.6 is 0 Å². The third-order valence-electron chi connectivity index (χ3n) is 18.0.